The Hall–Kier alpha value is -1.90. The average molecular weight is 430 g/mol. The van der Waals surface area contributed by atoms with Gasteiger partial charge in [-0.05, 0) is 39.1 Å². The second kappa shape index (κ2) is 10.0. The number of aromatic nitrogens is 4. The van der Waals surface area contributed by atoms with Crippen molar-refractivity contribution in [2.75, 3.05) is 33.1 Å². The molecule has 156 valence electrons. The van der Waals surface area contributed by atoms with E-state index in [4.69, 9.17) is 0 Å². The van der Waals surface area contributed by atoms with Gasteiger partial charge in [0.05, 0.1) is 12.1 Å². The van der Waals surface area contributed by atoms with E-state index in [1.807, 2.05) is 52.3 Å². The Bertz CT molecular complexity index is 771. The predicted octanol–water partition coefficient (Wildman–Crippen LogP) is 1.86. The lowest BCUT2D eigenvalue weighted by atomic mass is 9.79. The summed E-state index contributed by atoms with van der Waals surface area (Å²) in [5, 5.41) is 11.7. The zero-order valence-corrected chi connectivity index (χ0v) is 18.5. The number of nitrogens with one attached hydrogen (secondary N) is 1. The van der Waals surface area contributed by atoms with Crippen LogP contribution in [-0.4, -0.2) is 64.8 Å². The molecule has 2 aromatic rings. The van der Waals surface area contributed by atoms with Crippen molar-refractivity contribution < 1.29 is 4.79 Å². The predicted molar refractivity (Wildman–Crippen MR) is 115 cm³/mol. The quantitative estimate of drug-likeness (QED) is 0.754. The number of hydrogen-bond acceptors (Lipinski definition) is 6. The third-order valence-corrected chi connectivity index (χ3v) is 4.76. The highest BCUT2D eigenvalue weighted by atomic mass is 35.5. The van der Waals surface area contributed by atoms with Crippen LogP contribution in [0.2, 0.25) is 0 Å². The molecule has 28 heavy (non-hydrogen) atoms. The van der Waals surface area contributed by atoms with E-state index in [1.165, 1.54) is 0 Å². The second-order valence-electron chi connectivity index (χ2n) is 7.41. The van der Waals surface area contributed by atoms with Gasteiger partial charge in [0, 0.05) is 39.3 Å². The highest BCUT2D eigenvalue weighted by Crippen LogP contribution is 2.36. The number of hydrogen-bond donors (Lipinski definition) is 1. The number of halogens is 2. The van der Waals surface area contributed by atoms with E-state index in [-0.39, 0.29) is 36.8 Å². The number of carbonyl (C=O) groups excluding carboxylic acids is 1. The van der Waals surface area contributed by atoms with Crippen LogP contribution in [0.5, 0.6) is 0 Å². The summed E-state index contributed by atoms with van der Waals surface area (Å²) in [6.45, 7) is 0.770. The Morgan fingerprint density at radius 1 is 1.18 bits per heavy atom. The maximum Gasteiger partial charge on any atom is 0.253 e. The fraction of sp³-hybridized carbons (Fsp3) is 0.556. The van der Waals surface area contributed by atoms with E-state index >= 15 is 0 Å². The number of rotatable bonds is 6. The fourth-order valence-electron chi connectivity index (χ4n) is 3.15. The van der Waals surface area contributed by atoms with Crippen LogP contribution in [0.25, 0.3) is 0 Å². The number of pyridine rings is 1. The van der Waals surface area contributed by atoms with Gasteiger partial charge >= 0.3 is 0 Å². The number of nitrogens with zero attached hydrogens (tertiary/aromatic N) is 6. The van der Waals surface area contributed by atoms with E-state index in [2.05, 4.69) is 30.0 Å². The molecule has 8 nitrogen and oxygen atoms in total. The summed E-state index contributed by atoms with van der Waals surface area (Å²) in [4.78, 5) is 20.6. The summed E-state index contributed by atoms with van der Waals surface area (Å²) >= 11 is 0. The van der Waals surface area contributed by atoms with Crippen molar-refractivity contribution in [3.8, 4) is 0 Å². The molecule has 10 heteroatoms. The Morgan fingerprint density at radius 3 is 2.39 bits per heavy atom. The van der Waals surface area contributed by atoms with Crippen molar-refractivity contribution in [2.45, 2.75) is 31.3 Å². The van der Waals surface area contributed by atoms with Crippen LogP contribution in [0.3, 0.4) is 0 Å². The van der Waals surface area contributed by atoms with E-state index in [0.717, 1.165) is 36.9 Å². The van der Waals surface area contributed by atoms with Crippen molar-refractivity contribution in [3.63, 3.8) is 0 Å². The molecule has 0 aromatic carbocycles. The topological polar surface area (TPSA) is 79.2 Å². The molecule has 2 heterocycles. The van der Waals surface area contributed by atoms with Gasteiger partial charge in [-0.15, -0.1) is 35.0 Å². The molecule has 1 fully saturated rings. The standard InChI is InChI=1S/C18H27N7O.2ClH/c1-23(2)11-16-21-22-17(25(16)5)13-8-14(9-13)20-18(26)12-6-7-15(19-10-12)24(3)4;;/h6-7,10,13-14H,8-9,11H2,1-5H3,(H,20,26);2*1H. The summed E-state index contributed by atoms with van der Waals surface area (Å²) in [6.07, 6.45) is 3.41. The molecule has 1 amide bonds. The lowest BCUT2D eigenvalue weighted by Crippen LogP contribution is -2.44. The molecule has 0 saturated heterocycles. The molecule has 0 spiro atoms. The molecule has 0 aliphatic heterocycles. The lowest BCUT2D eigenvalue weighted by Gasteiger charge is -2.35. The van der Waals surface area contributed by atoms with Crippen LogP contribution in [0.1, 0.15) is 40.8 Å². The van der Waals surface area contributed by atoms with Crippen molar-refractivity contribution in [1.82, 2.24) is 30.0 Å². The van der Waals surface area contributed by atoms with Gasteiger partial charge in [-0.2, -0.15) is 0 Å². The van der Waals surface area contributed by atoms with E-state index < -0.39 is 0 Å². The Kier molecular flexibility index (Phi) is 8.66. The van der Waals surface area contributed by atoms with E-state index in [1.54, 1.807) is 6.20 Å². The highest BCUT2D eigenvalue weighted by Gasteiger charge is 2.35. The Morgan fingerprint density at radius 2 is 1.86 bits per heavy atom. The van der Waals surface area contributed by atoms with Gasteiger partial charge in [0.15, 0.2) is 0 Å². The molecule has 1 N–H and O–H groups in total. The molecule has 0 atom stereocenters. The lowest BCUT2D eigenvalue weighted by molar-refractivity contribution is 0.0906. The van der Waals surface area contributed by atoms with Gasteiger partial charge in [-0.3, -0.25) is 4.79 Å². The number of amides is 1. The van der Waals surface area contributed by atoms with Crippen LogP contribution in [-0.2, 0) is 13.6 Å². The third-order valence-electron chi connectivity index (χ3n) is 4.76. The Labute approximate surface area is 178 Å². The minimum atomic E-state index is -0.0717. The van der Waals surface area contributed by atoms with Gasteiger partial charge in [-0.1, -0.05) is 0 Å². The molecular weight excluding hydrogens is 401 g/mol. The minimum absolute atomic E-state index is 0. The maximum atomic E-state index is 12.4. The first-order chi connectivity index (χ1) is 12.3. The van der Waals surface area contributed by atoms with Crippen molar-refractivity contribution >= 4 is 36.5 Å². The van der Waals surface area contributed by atoms with Crippen molar-refractivity contribution in [1.29, 1.82) is 0 Å². The zero-order chi connectivity index (χ0) is 18.8. The van der Waals surface area contributed by atoms with Crippen molar-refractivity contribution in [2.24, 2.45) is 7.05 Å². The summed E-state index contributed by atoms with van der Waals surface area (Å²) in [6, 6.07) is 3.84. The van der Waals surface area contributed by atoms with Crippen molar-refractivity contribution in [3.05, 3.63) is 35.5 Å². The third kappa shape index (κ3) is 5.33. The molecular formula is C18H29Cl2N7O. The SMILES string of the molecule is CN(C)Cc1nnc(C2CC(NC(=O)c3ccc(N(C)C)nc3)C2)n1C.Cl.Cl. The molecule has 0 bridgehead atoms. The first-order valence-electron chi connectivity index (χ1n) is 8.82. The van der Waals surface area contributed by atoms with Crippen LogP contribution in [0, 0.1) is 0 Å². The number of carbonyl (C=O) groups is 1. The monoisotopic (exact) mass is 429 g/mol. The van der Waals surface area contributed by atoms with Gasteiger partial charge in [-0.25, -0.2) is 4.98 Å². The van der Waals surface area contributed by atoms with Crippen LogP contribution in [0.15, 0.2) is 18.3 Å². The molecule has 2 aromatic heterocycles. The summed E-state index contributed by atoms with van der Waals surface area (Å²) in [7, 11) is 9.89. The van der Waals surface area contributed by atoms with Crippen LogP contribution < -0.4 is 10.2 Å². The first-order valence-corrected chi connectivity index (χ1v) is 8.82. The number of anilines is 1. The molecule has 3 rings (SSSR count). The van der Waals surface area contributed by atoms with Crippen LogP contribution >= 0.6 is 24.8 Å². The first kappa shape index (κ1) is 24.1. The zero-order valence-electron chi connectivity index (χ0n) is 16.9. The fourth-order valence-corrected chi connectivity index (χ4v) is 3.15. The van der Waals surface area contributed by atoms with Gasteiger partial charge in [0.2, 0.25) is 0 Å². The van der Waals surface area contributed by atoms with Gasteiger partial charge in [0.1, 0.15) is 17.5 Å². The molecule has 1 saturated carbocycles. The molecule has 1 aliphatic rings. The Balaban J connectivity index is 0.00000196. The van der Waals surface area contributed by atoms with Gasteiger partial charge in [0.25, 0.3) is 5.91 Å². The van der Waals surface area contributed by atoms with Crippen LogP contribution in [0.4, 0.5) is 5.82 Å². The summed E-state index contributed by atoms with van der Waals surface area (Å²) < 4.78 is 2.08. The molecule has 0 unspecified atom stereocenters. The molecule has 0 radical (unpaired) electrons. The smallest absolute Gasteiger partial charge is 0.253 e. The average Bonchev–Trinajstić information content (AvgIpc) is 2.90. The minimum Gasteiger partial charge on any atom is -0.363 e. The largest absolute Gasteiger partial charge is 0.363 e. The maximum absolute atomic E-state index is 12.4. The summed E-state index contributed by atoms with van der Waals surface area (Å²) in [5.74, 6) is 3.08. The summed E-state index contributed by atoms with van der Waals surface area (Å²) in [5.41, 5.74) is 0.589. The second-order valence-corrected chi connectivity index (χ2v) is 7.41. The molecule has 1 aliphatic carbocycles. The normalized spacial score (nSPS) is 17.9. The van der Waals surface area contributed by atoms with Gasteiger partial charge < -0.3 is 19.7 Å². The van der Waals surface area contributed by atoms with E-state index in [9.17, 15) is 4.79 Å². The van der Waals surface area contributed by atoms with E-state index in [0.29, 0.717) is 11.5 Å². The highest BCUT2D eigenvalue weighted by molar-refractivity contribution is 5.94.